The van der Waals surface area contributed by atoms with Crippen LogP contribution in [0.2, 0.25) is 0 Å². The van der Waals surface area contributed by atoms with E-state index in [1.165, 1.54) is 4.90 Å². The summed E-state index contributed by atoms with van der Waals surface area (Å²) in [7, 11) is 3.42. The third-order valence-corrected chi connectivity index (χ3v) is 14.3. The van der Waals surface area contributed by atoms with Crippen LogP contribution in [0, 0.1) is 5.92 Å². The van der Waals surface area contributed by atoms with E-state index in [4.69, 9.17) is 14.5 Å². The molecule has 18 nitrogen and oxygen atoms in total. The average molecular weight is 936 g/mol. The normalized spacial score (nSPS) is 20.3. The number of benzene rings is 2. The predicted molar refractivity (Wildman–Crippen MR) is 254 cm³/mol. The zero-order valence-electron chi connectivity index (χ0n) is 39.5. The lowest BCUT2D eigenvalue weighted by atomic mass is 9.89. The van der Waals surface area contributed by atoms with Gasteiger partial charge in [0.25, 0.3) is 5.91 Å². The fraction of sp³-hybridized carbons (Fsp3) is 0.560. The molecule has 364 valence electrons. The summed E-state index contributed by atoms with van der Waals surface area (Å²) in [6.07, 6.45) is 9.98. The smallest absolute Gasteiger partial charge is 0.255 e. The molecule has 2 aromatic carbocycles. The second kappa shape index (κ2) is 22.1. The van der Waals surface area contributed by atoms with Crippen LogP contribution in [0.25, 0.3) is 0 Å². The number of hydrogen-bond donors (Lipinski definition) is 3. The molecule has 4 aliphatic heterocycles. The second-order valence-electron chi connectivity index (χ2n) is 18.7. The minimum absolute atomic E-state index is 0.00739. The number of piperidine rings is 2. The summed E-state index contributed by atoms with van der Waals surface area (Å²) in [5.74, 6) is 1.05. The van der Waals surface area contributed by atoms with Crippen molar-refractivity contribution >= 4 is 52.5 Å². The van der Waals surface area contributed by atoms with Gasteiger partial charge in [-0.2, -0.15) is 0 Å². The first kappa shape index (κ1) is 48.6. The number of aromatic nitrogens is 2. The summed E-state index contributed by atoms with van der Waals surface area (Å²) < 4.78 is 11.8. The van der Waals surface area contributed by atoms with E-state index in [-0.39, 0.29) is 86.5 Å². The maximum absolute atomic E-state index is 13.6. The third kappa shape index (κ3) is 10.9. The lowest BCUT2D eigenvalue weighted by Crippen LogP contribution is -2.55. The molecule has 3 aromatic rings. The number of imide groups is 1. The molecular weight excluding hydrogens is 871 g/mol. The number of carbonyl (C=O) groups excluding carboxylic acids is 6. The molecule has 2 atom stereocenters. The van der Waals surface area contributed by atoms with Crippen molar-refractivity contribution in [1.82, 2.24) is 30.0 Å². The molecule has 18 heteroatoms. The number of nitrogens with zero attached hydrogens (tertiary/aromatic N) is 7. The van der Waals surface area contributed by atoms with E-state index in [2.05, 4.69) is 32.3 Å². The van der Waals surface area contributed by atoms with Crippen LogP contribution in [-0.2, 0) is 36.9 Å². The lowest BCUT2D eigenvalue weighted by Gasteiger charge is -2.43. The fourth-order valence-corrected chi connectivity index (χ4v) is 10.5. The van der Waals surface area contributed by atoms with Crippen LogP contribution in [0.4, 0.5) is 17.2 Å². The summed E-state index contributed by atoms with van der Waals surface area (Å²) in [6.45, 7) is 6.13. The highest BCUT2D eigenvalue weighted by Crippen LogP contribution is 2.40. The number of ether oxygens (including phenoxy) is 2. The zero-order chi connectivity index (χ0) is 47.9. The Morgan fingerprint density at radius 2 is 1.79 bits per heavy atom. The molecule has 1 aromatic heterocycles. The van der Waals surface area contributed by atoms with Gasteiger partial charge in [-0.15, -0.1) is 0 Å². The van der Waals surface area contributed by atoms with Gasteiger partial charge in [0.15, 0.2) is 11.6 Å². The van der Waals surface area contributed by atoms with Gasteiger partial charge in [-0.05, 0) is 75.7 Å². The number of likely N-dealkylation sites (tertiary alicyclic amines) is 1. The Labute approximate surface area is 397 Å². The number of hydrogen-bond acceptors (Lipinski definition) is 14. The van der Waals surface area contributed by atoms with Gasteiger partial charge in [0.2, 0.25) is 23.6 Å². The van der Waals surface area contributed by atoms with E-state index in [1.54, 1.807) is 43.5 Å². The van der Waals surface area contributed by atoms with Crippen molar-refractivity contribution in [3.8, 4) is 5.75 Å². The molecule has 5 aliphatic rings. The number of carbonyl (C=O) groups is 6. The number of methoxy groups -OCH3 is 1. The molecule has 0 radical (unpaired) electrons. The predicted octanol–water partition coefficient (Wildman–Crippen LogP) is 3.58. The number of nitrogens with one attached hydrogen (secondary N) is 2. The fourth-order valence-electron chi connectivity index (χ4n) is 10.5. The zero-order valence-corrected chi connectivity index (χ0v) is 39.5. The largest absolute Gasteiger partial charge is 0.496 e. The molecule has 2 saturated heterocycles. The SMILES string of the molecule is CC[C@@H]1C(=O)N(C)c2cnc(Cc3ccc(C(=O)CC4CCN(CCOCCN(CCO)CC(=O)Nc5cccc6c5CN(C5CCC(=O)NC5=O)C6=O)CC4)cc3OC)nc2N1C1CCCC1. The summed E-state index contributed by atoms with van der Waals surface area (Å²) in [6, 6.07) is 10.0. The minimum atomic E-state index is -0.753. The maximum Gasteiger partial charge on any atom is 0.255 e. The summed E-state index contributed by atoms with van der Waals surface area (Å²) >= 11 is 0. The van der Waals surface area contributed by atoms with Crippen molar-refractivity contribution in [1.29, 1.82) is 0 Å². The number of fused-ring (bicyclic) bond motifs is 2. The Hall–Kier alpha value is -5.82. The van der Waals surface area contributed by atoms with Gasteiger partial charge in [-0.25, -0.2) is 9.97 Å². The molecule has 1 saturated carbocycles. The number of anilines is 3. The quantitative estimate of drug-likeness (QED) is 0.0842. The maximum atomic E-state index is 13.6. The van der Waals surface area contributed by atoms with Crippen molar-refractivity contribution in [3.63, 3.8) is 0 Å². The van der Waals surface area contributed by atoms with Crippen molar-refractivity contribution in [2.45, 2.75) is 102 Å². The molecule has 1 aliphatic carbocycles. The standard InChI is InChI=1S/C50H65N9O9/c1-4-39-50(66)55(2)41-29-51-44(53-47(41)59(39)35-8-5-6-9-35)28-34-13-12-33(27-43(34)67-3)42(61)26-32-16-18-56(19-17-32)21-24-68-25-22-57(20-23-60)31-46(63)52-38-11-7-10-36-37(38)30-58(49(36)65)40-14-15-45(62)54-48(40)64/h7,10-13,27,29,32,35,39-40,60H,4-6,8-9,14-26,28,30-31H2,1-3H3,(H,52,63)(H,54,62,64)/t39-,40?/m1/s1. The van der Waals surface area contributed by atoms with Gasteiger partial charge in [-0.1, -0.05) is 38.0 Å². The first-order valence-corrected chi connectivity index (χ1v) is 24.3. The number of Topliss-reactive ketones (excluding diaryl/α,β-unsaturated/α-hetero) is 1. The van der Waals surface area contributed by atoms with Crippen LogP contribution in [0.1, 0.15) is 109 Å². The number of aliphatic hydroxyl groups excluding tert-OH is 1. The van der Waals surface area contributed by atoms with E-state index in [1.807, 2.05) is 23.1 Å². The molecule has 3 N–H and O–H groups in total. The van der Waals surface area contributed by atoms with Crippen LogP contribution >= 0.6 is 0 Å². The van der Waals surface area contributed by atoms with Crippen molar-refractivity contribution in [2.24, 2.45) is 5.92 Å². The van der Waals surface area contributed by atoms with Gasteiger partial charge in [0.1, 0.15) is 29.3 Å². The monoisotopic (exact) mass is 935 g/mol. The molecule has 5 amide bonds. The van der Waals surface area contributed by atoms with E-state index < -0.39 is 11.9 Å². The van der Waals surface area contributed by atoms with Gasteiger partial charge >= 0.3 is 0 Å². The molecule has 1 unspecified atom stereocenters. The van der Waals surface area contributed by atoms with Gasteiger partial charge < -0.3 is 39.5 Å². The van der Waals surface area contributed by atoms with Crippen LogP contribution < -0.4 is 25.2 Å². The first-order chi connectivity index (χ1) is 33.0. The Balaban J connectivity index is 0.760. The molecule has 68 heavy (non-hydrogen) atoms. The molecule has 8 rings (SSSR count). The molecule has 5 heterocycles. The van der Waals surface area contributed by atoms with Crippen LogP contribution in [0.15, 0.2) is 42.6 Å². The summed E-state index contributed by atoms with van der Waals surface area (Å²) in [4.78, 5) is 96.8. The lowest BCUT2D eigenvalue weighted by molar-refractivity contribution is -0.137. The van der Waals surface area contributed by atoms with Gasteiger partial charge in [0, 0.05) is 86.5 Å². The van der Waals surface area contributed by atoms with E-state index in [0.29, 0.717) is 73.0 Å². The Kier molecular flexibility index (Phi) is 15.8. The highest BCUT2D eigenvalue weighted by molar-refractivity contribution is 6.07. The van der Waals surface area contributed by atoms with Crippen LogP contribution in [0.3, 0.4) is 0 Å². The first-order valence-electron chi connectivity index (χ1n) is 24.3. The average Bonchev–Trinajstić information content (AvgIpc) is 3.99. The highest BCUT2D eigenvalue weighted by atomic mass is 16.5. The Bertz CT molecular complexity index is 2370. The van der Waals surface area contributed by atoms with E-state index >= 15 is 0 Å². The Morgan fingerprint density at radius 3 is 2.53 bits per heavy atom. The molecule has 3 fully saturated rings. The number of ketones is 1. The minimum Gasteiger partial charge on any atom is -0.496 e. The number of aliphatic hydroxyl groups is 1. The van der Waals surface area contributed by atoms with Crippen molar-refractivity contribution in [3.05, 3.63) is 70.7 Å². The molecular formula is C50H65N9O9. The Morgan fingerprint density at radius 1 is 1.00 bits per heavy atom. The molecule has 0 spiro atoms. The number of likely N-dealkylation sites (N-methyl/N-ethyl adjacent to an activating group) is 1. The van der Waals surface area contributed by atoms with E-state index in [0.717, 1.165) is 75.2 Å². The highest BCUT2D eigenvalue weighted by Gasteiger charge is 2.42. The van der Waals surface area contributed by atoms with Crippen molar-refractivity contribution < 1.29 is 43.3 Å². The topological polar surface area (TPSA) is 207 Å². The van der Waals surface area contributed by atoms with E-state index in [9.17, 15) is 33.9 Å². The van der Waals surface area contributed by atoms with Gasteiger partial charge in [-0.3, -0.25) is 39.0 Å². The van der Waals surface area contributed by atoms with Crippen LogP contribution in [-0.4, -0.2) is 156 Å². The summed E-state index contributed by atoms with van der Waals surface area (Å²) in [5.41, 5.74) is 3.76. The van der Waals surface area contributed by atoms with Crippen molar-refractivity contribution in [2.75, 3.05) is 88.4 Å². The number of rotatable bonds is 20. The summed E-state index contributed by atoms with van der Waals surface area (Å²) in [5, 5.41) is 14.9. The van der Waals surface area contributed by atoms with Gasteiger partial charge in [0.05, 0.1) is 39.7 Å². The number of amides is 5. The van der Waals surface area contributed by atoms with Crippen LogP contribution in [0.5, 0.6) is 5.75 Å². The molecule has 0 bridgehead atoms. The second-order valence-corrected chi connectivity index (χ2v) is 18.7. The third-order valence-electron chi connectivity index (χ3n) is 14.3.